The van der Waals surface area contributed by atoms with Crippen molar-refractivity contribution in [1.29, 1.82) is 0 Å². The van der Waals surface area contributed by atoms with Crippen LogP contribution in [0.3, 0.4) is 0 Å². The van der Waals surface area contributed by atoms with Crippen LogP contribution in [0.4, 0.5) is 5.13 Å². The van der Waals surface area contributed by atoms with Gasteiger partial charge in [-0.1, -0.05) is 82.7 Å². The number of nitrogens with zero attached hydrogens (tertiary/aromatic N) is 3. The van der Waals surface area contributed by atoms with E-state index < -0.39 is 0 Å². The molecule has 7 heteroatoms. The molecule has 2 heterocycles. The molecule has 0 spiro atoms. The zero-order valence-corrected chi connectivity index (χ0v) is 20.6. The monoisotopic (exact) mass is 487 g/mol. The molecule has 5 aromatic rings. The van der Waals surface area contributed by atoms with Gasteiger partial charge in [0.2, 0.25) is 0 Å². The Hall–Kier alpha value is -3.48. The van der Waals surface area contributed by atoms with Gasteiger partial charge in [-0.05, 0) is 49.6 Å². The summed E-state index contributed by atoms with van der Waals surface area (Å²) in [7, 11) is 0. The minimum absolute atomic E-state index is 0.231. The SMILES string of the molecule is Cc1cc(C)c2nc(N(Cc3ccccc3)C(=O)c3c(-c4ccccc4Cl)noc3C)sc2c1. The second-order valence-corrected chi connectivity index (χ2v) is 9.66. The van der Waals surface area contributed by atoms with Crippen molar-refractivity contribution >= 4 is 44.2 Å². The zero-order valence-electron chi connectivity index (χ0n) is 19.0. The number of aryl methyl sites for hydroxylation is 3. The number of aromatic nitrogens is 2. The number of carbonyl (C=O) groups excluding carboxylic acids is 1. The Morgan fingerprint density at radius 1 is 1.03 bits per heavy atom. The van der Waals surface area contributed by atoms with E-state index in [0.717, 1.165) is 26.9 Å². The first kappa shape index (κ1) is 22.3. The molecule has 0 atom stereocenters. The van der Waals surface area contributed by atoms with Gasteiger partial charge in [-0.15, -0.1) is 0 Å². The minimum Gasteiger partial charge on any atom is -0.360 e. The summed E-state index contributed by atoms with van der Waals surface area (Å²) in [6, 6.07) is 21.4. The molecule has 5 rings (SSSR count). The lowest BCUT2D eigenvalue weighted by molar-refractivity contribution is 0.0984. The lowest BCUT2D eigenvalue weighted by Gasteiger charge is -2.20. The average molecular weight is 488 g/mol. The van der Waals surface area contributed by atoms with Crippen molar-refractivity contribution in [3.63, 3.8) is 0 Å². The van der Waals surface area contributed by atoms with E-state index in [1.54, 1.807) is 17.9 Å². The number of hydrogen-bond donors (Lipinski definition) is 0. The van der Waals surface area contributed by atoms with Gasteiger partial charge in [0.15, 0.2) is 5.13 Å². The fourth-order valence-electron chi connectivity index (χ4n) is 4.06. The predicted octanol–water partition coefficient (Wildman–Crippen LogP) is 7.38. The number of fused-ring (bicyclic) bond motifs is 1. The predicted molar refractivity (Wildman–Crippen MR) is 138 cm³/mol. The second kappa shape index (κ2) is 9.05. The van der Waals surface area contributed by atoms with Crippen molar-refractivity contribution in [3.8, 4) is 11.3 Å². The van der Waals surface area contributed by atoms with Gasteiger partial charge in [-0.2, -0.15) is 0 Å². The number of benzene rings is 3. The van der Waals surface area contributed by atoms with E-state index in [1.807, 2.05) is 55.5 Å². The Morgan fingerprint density at radius 3 is 2.53 bits per heavy atom. The van der Waals surface area contributed by atoms with Crippen LogP contribution in [-0.4, -0.2) is 16.0 Å². The summed E-state index contributed by atoms with van der Waals surface area (Å²) in [5, 5.41) is 5.33. The van der Waals surface area contributed by atoms with Crippen LogP contribution in [-0.2, 0) is 6.54 Å². The molecule has 0 aliphatic carbocycles. The molecule has 0 aliphatic rings. The summed E-state index contributed by atoms with van der Waals surface area (Å²) in [6.45, 7) is 6.22. The molecular weight excluding hydrogens is 466 g/mol. The summed E-state index contributed by atoms with van der Waals surface area (Å²) in [4.78, 5) is 20.7. The average Bonchev–Trinajstić information content (AvgIpc) is 3.42. The molecule has 0 saturated carbocycles. The molecule has 0 unspecified atom stereocenters. The van der Waals surface area contributed by atoms with Crippen LogP contribution in [0.5, 0.6) is 0 Å². The standard InChI is InChI=1S/C27H22ClN3O2S/c1-16-13-17(2)24-22(14-16)34-27(29-24)31(15-19-9-5-4-6-10-19)26(32)23-18(3)33-30-25(23)20-11-7-8-12-21(20)28/h4-14H,15H2,1-3H3. The highest BCUT2D eigenvalue weighted by Gasteiger charge is 2.30. The third-order valence-electron chi connectivity index (χ3n) is 5.68. The minimum atomic E-state index is -0.231. The van der Waals surface area contributed by atoms with E-state index in [4.69, 9.17) is 21.1 Å². The van der Waals surface area contributed by atoms with E-state index in [9.17, 15) is 4.79 Å². The van der Waals surface area contributed by atoms with Crippen molar-refractivity contribution < 1.29 is 9.32 Å². The van der Waals surface area contributed by atoms with Crippen molar-refractivity contribution in [2.45, 2.75) is 27.3 Å². The maximum atomic E-state index is 14.1. The highest BCUT2D eigenvalue weighted by atomic mass is 35.5. The normalized spacial score (nSPS) is 11.2. The first-order chi connectivity index (χ1) is 16.4. The Kier molecular flexibility index (Phi) is 5.94. The quantitative estimate of drug-likeness (QED) is 0.259. The van der Waals surface area contributed by atoms with Crippen LogP contribution in [0.1, 0.15) is 32.8 Å². The second-order valence-electron chi connectivity index (χ2n) is 8.24. The third kappa shape index (κ3) is 4.11. The molecule has 0 fully saturated rings. The Labute approximate surface area is 206 Å². The first-order valence-corrected chi connectivity index (χ1v) is 12.1. The Bertz CT molecular complexity index is 1510. The molecule has 0 N–H and O–H groups in total. The van der Waals surface area contributed by atoms with Crippen LogP contribution in [0.2, 0.25) is 5.02 Å². The maximum Gasteiger partial charge on any atom is 0.266 e. The third-order valence-corrected chi connectivity index (χ3v) is 7.04. The van der Waals surface area contributed by atoms with E-state index in [0.29, 0.717) is 39.3 Å². The number of halogens is 1. The van der Waals surface area contributed by atoms with E-state index in [1.165, 1.54) is 11.3 Å². The van der Waals surface area contributed by atoms with Crippen LogP contribution < -0.4 is 4.90 Å². The van der Waals surface area contributed by atoms with Crippen molar-refractivity contribution in [3.05, 3.63) is 99.8 Å². The lowest BCUT2D eigenvalue weighted by atomic mass is 10.0. The molecule has 5 nitrogen and oxygen atoms in total. The topological polar surface area (TPSA) is 59.2 Å². The molecule has 3 aromatic carbocycles. The van der Waals surface area contributed by atoms with Crippen molar-refractivity contribution in [2.24, 2.45) is 0 Å². The van der Waals surface area contributed by atoms with Gasteiger partial charge in [-0.3, -0.25) is 9.69 Å². The molecule has 0 bridgehead atoms. The summed E-state index contributed by atoms with van der Waals surface area (Å²) in [5.41, 5.74) is 5.62. The van der Waals surface area contributed by atoms with Crippen molar-refractivity contribution in [2.75, 3.05) is 4.90 Å². The fourth-order valence-corrected chi connectivity index (χ4v) is 5.43. The van der Waals surface area contributed by atoms with E-state index >= 15 is 0 Å². The molecule has 0 saturated heterocycles. The van der Waals surface area contributed by atoms with Crippen molar-refractivity contribution in [1.82, 2.24) is 10.1 Å². The number of carbonyl (C=O) groups is 1. The van der Waals surface area contributed by atoms with Crippen LogP contribution in [0.25, 0.3) is 21.5 Å². The van der Waals surface area contributed by atoms with Gasteiger partial charge in [-0.25, -0.2) is 4.98 Å². The Morgan fingerprint density at radius 2 is 1.76 bits per heavy atom. The highest BCUT2D eigenvalue weighted by molar-refractivity contribution is 7.22. The lowest BCUT2D eigenvalue weighted by Crippen LogP contribution is -2.31. The number of rotatable bonds is 5. The van der Waals surface area contributed by atoms with Crippen LogP contribution >= 0.6 is 22.9 Å². The summed E-state index contributed by atoms with van der Waals surface area (Å²) in [5.74, 6) is 0.206. The van der Waals surface area contributed by atoms with E-state index in [2.05, 4.69) is 24.2 Å². The Balaban J connectivity index is 1.65. The van der Waals surface area contributed by atoms with Crippen LogP contribution in [0, 0.1) is 20.8 Å². The van der Waals surface area contributed by atoms with E-state index in [-0.39, 0.29) is 5.91 Å². The van der Waals surface area contributed by atoms with Gasteiger partial charge in [0.25, 0.3) is 5.91 Å². The summed E-state index contributed by atoms with van der Waals surface area (Å²) >= 11 is 7.95. The fraction of sp³-hybridized carbons (Fsp3) is 0.148. The molecular formula is C27H22ClN3O2S. The van der Waals surface area contributed by atoms with Gasteiger partial charge >= 0.3 is 0 Å². The number of hydrogen-bond acceptors (Lipinski definition) is 5. The molecule has 2 aromatic heterocycles. The molecule has 1 amide bonds. The molecule has 34 heavy (non-hydrogen) atoms. The number of amides is 1. The smallest absolute Gasteiger partial charge is 0.266 e. The molecule has 0 radical (unpaired) electrons. The van der Waals surface area contributed by atoms with Gasteiger partial charge in [0.05, 0.1) is 21.8 Å². The van der Waals surface area contributed by atoms with Crippen LogP contribution in [0.15, 0.2) is 71.3 Å². The highest BCUT2D eigenvalue weighted by Crippen LogP contribution is 2.36. The molecule has 170 valence electrons. The zero-order chi connectivity index (χ0) is 23.8. The largest absolute Gasteiger partial charge is 0.360 e. The molecule has 0 aliphatic heterocycles. The summed E-state index contributed by atoms with van der Waals surface area (Å²) < 4.78 is 6.53. The van der Waals surface area contributed by atoms with Gasteiger partial charge in [0, 0.05) is 5.56 Å². The number of thiazole rings is 1. The summed E-state index contributed by atoms with van der Waals surface area (Å²) in [6.07, 6.45) is 0. The first-order valence-electron chi connectivity index (χ1n) is 10.9. The maximum absolute atomic E-state index is 14.1. The van der Waals surface area contributed by atoms with Gasteiger partial charge < -0.3 is 4.52 Å². The number of anilines is 1. The van der Waals surface area contributed by atoms with Gasteiger partial charge in [0.1, 0.15) is 17.0 Å².